The molecular formula is C18H21N3. The Labute approximate surface area is 125 Å². The fourth-order valence-electron chi connectivity index (χ4n) is 2.75. The van der Waals surface area contributed by atoms with Gasteiger partial charge in [-0.1, -0.05) is 12.1 Å². The van der Waals surface area contributed by atoms with Crippen molar-refractivity contribution >= 4 is 16.7 Å². The van der Waals surface area contributed by atoms with Gasteiger partial charge in [-0.05, 0) is 63.1 Å². The number of hydrogen-bond donors (Lipinski definition) is 1. The number of nitrogen functional groups attached to an aromatic ring is 1. The molecule has 3 nitrogen and oxygen atoms in total. The predicted octanol–water partition coefficient (Wildman–Crippen LogP) is 4.48. The average molecular weight is 279 g/mol. The Balaban J connectivity index is 2.34. The van der Waals surface area contributed by atoms with E-state index in [1.54, 1.807) is 0 Å². The number of anilines is 1. The molecule has 0 amide bonds. The topological polar surface area (TPSA) is 43.8 Å². The third-order valence-corrected chi connectivity index (χ3v) is 3.97. The lowest BCUT2D eigenvalue weighted by Gasteiger charge is -2.14. The molecule has 0 fully saturated rings. The number of rotatable bonds is 2. The SMILES string of the molecule is Cc1cc2nc(-c3cccc(N)c3)n(C(C)C)c2cc1C. The molecule has 3 heteroatoms. The Morgan fingerprint density at radius 2 is 1.76 bits per heavy atom. The van der Waals surface area contributed by atoms with Crippen molar-refractivity contribution in [3.05, 3.63) is 47.5 Å². The molecule has 0 saturated carbocycles. The van der Waals surface area contributed by atoms with Crippen LogP contribution in [0.15, 0.2) is 36.4 Å². The molecule has 0 spiro atoms. The van der Waals surface area contributed by atoms with Crippen molar-refractivity contribution in [2.75, 3.05) is 5.73 Å². The van der Waals surface area contributed by atoms with Gasteiger partial charge in [0.25, 0.3) is 0 Å². The van der Waals surface area contributed by atoms with E-state index in [-0.39, 0.29) is 0 Å². The number of nitrogens with zero attached hydrogens (tertiary/aromatic N) is 2. The lowest BCUT2D eigenvalue weighted by Crippen LogP contribution is -2.03. The maximum Gasteiger partial charge on any atom is 0.141 e. The first kappa shape index (κ1) is 13.7. The van der Waals surface area contributed by atoms with Crippen LogP contribution in [0.4, 0.5) is 5.69 Å². The Morgan fingerprint density at radius 1 is 1.05 bits per heavy atom. The van der Waals surface area contributed by atoms with E-state index in [9.17, 15) is 0 Å². The monoisotopic (exact) mass is 279 g/mol. The van der Waals surface area contributed by atoms with E-state index in [4.69, 9.17) is 10.7 Å². The summed E-state index contributed by atoms with van der Waals surface area (Å²) < 4.78 is 2.29. The van der Waals surface area contributed by atoms with Gasteiger partial charge in [-0.2, -0.15) is 0 Å². The van der Waals surface area contributed by atoms with Crippen LogP contribution < -0.4 is 5.73 Å². The molecule has 21 heavy (non-hydrogen) atoms. The van der Waals surface area contributed by atoms with Crippen molar-refractivity contribution in [1.29, 1.82) is 0 Å². The number of hydrogen-bond acceptors (Lipinski definition) is 2. The quantitative estimate of drug-likeness (QED) is 0.703. The molecule has 108 valence electrons. The van der Waals surface area contributed by atoms with E-state index >= 15 is 0 Å². The number of aryl methyl sites for hydroxylation is 2. The van der Waals surface area contributed by atoms with Gasteiger partial charge >= 0.3 is 0 Å². The first-order chi connectivity index (χ1) is 9.97. The molecule has 2 aromatic carbocycles. The second kappa shape index (κ2) is 4.92. The average Bonchev–Trinajstić information content (AvgIpc) is 2.78. The lowest BCUT2D eigenvalue weighted by atomic mass is 10.1. The second-order valence-corrected chi connectivity index (χ2v) is 5.95. The summed E-state index contributed by atoms with van der Waals surface area (Å²) in [6.45, 7) is 8.65. The molecule has 1 aromatic heterocycles. The summed E-state index contributed by atoms with van der Waals surface area (Å²) >= 11 is 0. The molecule has 0 aliphatic rings. The number of benzene rings is 2. The van der Waals surface area contributed by atoms with E-state index in [2.05, 4.69) is 50.5 Å². The van der Waals surface area contributed by atoms with Crippen LogP contribution in [-0.4, -0.2) is 9.55 Å². The minimum absolute atomic E-state index is 0.341. The van der Waals surface area contributed by atoms with Gasteiger partial charge in [0.2, 0.25) is 0 Å². The third-order valence-electron chi connectivity index (χ3n) is 3.97. The zero-order valence-corrected chi connectivity index (χ0v) is 13.0. The first-order valence-electron chi connectivity index (χ1n) is 7.32. The van der Waals surface area contributed by atoms with E-state index < -0.39 is 0 Å². The predicted molar refractivity (Wildman–Crippen MR) is 89.4 cm³/mol. The first-order valence-corrected chi connectivity index (χ1v) is 7.32. The number of imidazole rings is 1. The van der Waals surface area contributed by atoms with Crippen molar-refractivity contribution in [3.8, 4) is 11.4 Å². The van der Waals surface area contributed by atoms with Crippen LogP contribution in [0.3, 0.4) is 0 Å². The van der Waals surface area contributed by atoms with Gasteiger partial charge < -0.3 is 10.3 Å². The minimum Gasteiger partial charge on any atom is -0.399 e. The zero-order chi connectivity index (χ0) is 15.1. The van der Waals surface area contributed by atoms with Gasteiger partial charge in [0.05, 0.1) is 11.0 Å². The van der Waals surface area contributed by atoms with Crippen molar-refractivity contribution in [3.63, 3.8) is 0 Å². The summed E-state index contributed by atoms with van der Waals surface area (Å²) in [7, 11) is 0. The van der Waals surface area contributed by atoms with E-state index in [1.807, 2.05) is 18.2 Å². The molecule has 0 aliphatic heterocycles. The summed E-state index contributed by atoms with van der Waals surface area (Å²) in [5.41, 5.74) is 12.6. The fourth-order valence-corrected chi connectivity index (χ4v) is 2.75. The highest BCUT2D eigenvalue weighted by atomic mass is 15.1. The molecule has 1 heterocycles. The molecule has 0 radical (unpaired) electrons. The van der Waals surface area contributed by atoms with Crippen LogP contribution in [0.1, 0.15) is 31.0 Å². The summed E-state index contributed by atoms with van der Waals surface area (Å²) in [6.07, 6.45) is 0. The van der Waals surface area contributed by atoms with Gasteiger partial charge in [0.15, 0.2) is 0 Å². The molecule has 0 unspecified atom stereocenters. The van der Waals surface area contributed by atoms with Gasteiger partial charge in [0, 0.05) is 17.3 Å². The van der Waals surface area contributed by atoms with Crippen molar-refractivity contribution in [2.24, 2.45) is 0 Å². The van der Waals surface area contributed by atoms with Gasteiger partial charge in [-0.15, -0.1) is 0 Å². The zero-order valence-electron chi connectivity index (χ0n) is 13.0. The van der Waals surface area contributed by atoms with Crippen molar-refractivity contribution < 1.29 is 0 Å². The highest BCUT2D eigenvalue weighted by Gasteiger charge is 2.15. The smallest absolute Gasteiger partial charge is 0.141 e. The van der Waals surface area contributed by atoms with Gasteiger partial charge in [0.1, 0.15) is 5.82 Å². The summed E-state index contributed by atoms with van der Waals surface area (Å²) in [5.74, 6) is 0.984. The molecule has 0 bridgehead atoms. The fraction of sp³-hybridized carbons (Fsp3) is 0.278. The van der Waals surface area contributed by atoms with Crippen molar-refractivity contribution in [1.82, 2.24) is 9.55 Å². The molecule has 0 atom stereocenters. The van der Waals surface area contributed by atoms with Crippen LogP contribution in [0.25, 0.3) is 22.4 Å². The van der Waals surface area contributed by atoms with E-state index in [1.165, 1.54) is 16.6 Å². The van der Waals surface area contributed by atoms with Crippen LogP contribution in [0.5, 0.6) is 0 Å². The molecule has 0 aliphatic carbocycles. The molecular weight excluding hydrogens is 258 g/mol. The van der Waals surface area contributed by atoms with E-state index in [0.29, 0.717) is 6.04 Å². The second-order valence-electron chi connectivity index (χ2n) is 5.95. The number of aromatic nitrogens is 2. The Bertz CT molecular complexity index is 813. The third kappa shape index (κ3) is 2.29. The van der Waals surface area contributed by atoms with Crippen LogP contribution in [0, 0.1) is 13.8 Å². The Hall–Kier alpha value is -2.29. The van der Waals surface area contributed by atoms with Crippen LogP contribution >= 0.6 is 0 Å². The summed E-state index contributed by atoms with van der Waals surface area (Å²) in [4.78, 5) is 4.85. The maximum atomic E-state index is 5.93. The normalized spacial score (nSPS) is 11.5. The number of nitrogens with two attached hydrogens (primary N) is 1. The minimum atomic E-state index is 0.341. The van der Waals surface area contributed by atoms with Crippen LogP contribution in [-0.2, 0) is 0 Å². The highest BCUT2D eigenvalue weighted by molar-refractivity contribution is 5.82. The van der Waals surface area contributed by atoms with Gasteiger partial charge in [-0.25, -0.2) is 4.98 Å². The van der Waals surface area contributed by atoms with E-state index in [0.717, 1.165) is 22.6 Å². The van der Waals surface area contributed by atoms with Gasteiger partial charge in [-0.3, -0.25) is 0 Å². The summed E-state index contributed by atoms with van der Waals surface area (Å²) in [6, 6.07) is 12.7. The van der Waals surface area contributed by atoms with Crippen LogP contribution in [0.2, 0.25) is 0 Å². The standard InChI is InChI=1S/C18H21N3/c1-11(2)21-17-9-13(4)12(3)8-16(17)20-18(21)14-6-5-7-15(19)10-14/h5-11H,19H2,1-4H3. The number of fused-ring (bicyclic) bond motifs is 1. The molecule has 0 saturated heterocycles. The lowest BCUT2D eigenvalue weighted by molar-refractivity contribution is 0.624. The Morgan fingerprint density at radius 3 is 2.43 bits per heavy atom. The maximum absolute atomic E-state index is 5.93. The molecule has 3 rings (SSSR count). The molecule has 2 N–H and O–H groups in total. The van der Waals surface area contributed by atoms with Crippen molar-refractivity contribution in [2.45, 2.75) is 33.7 Å². The molecule has 3 aromatic rings. The Kier molecular flexibility index (Phi) is 3.20. The highest BCUT2D eigenvalue weighted by Crippen LogP contribution is 2.30. The summed E-state index contributed by atoms with van der Waals surface area (Å²) in [5, 5.41) is 0. The largest absolute Gasteiger partial charge is 0.399 e.